The Hall–Kier alpha value is -2.33. The first kappa shape index (κ1) is 16.0. The second kappa shape index (κ2) is 7.61. The first-order valence-electron chi connectivity index (χ1n) is 6.88. The lowest BCUT2D eigenvalue weighted by Crippen LogP contribution is -2.33. The number of hydrogen-bond acceptors (Lipinski definition) is 3. The number of carbonyl (C=O) groups excluding carboxylic acids is 1. The first-order chi connectivity index (χ1) is 10.6. The van der Waals surface area contributed by atoms with Crippen molar-refractivity contribution in [1.29, 1.82) is 0 Å². The van der Waals surface area contributed by atoms with Crippen molar-refractivity contribution in [3.05, 3.63) is 65.2 Å². The van der Waals surface area contributed by atoms with Gasteiger partial charge in [0.2, 0.25) is 0 Å². The largest absolute Gasteiger partial charge is 0.481 e. The van der Waals surface area contributed by atoms with Crippen LogP contribution in [0.3, 0.4) is 0 Å². The average molecular weight is 317 g/mol. The van der Waals surface area contributed by atoms with Crippen molar-refractivity contribution in [2.75, 3.05) is 0 Å². The van der Waals surface area contributed by atoms with Crippen molar-refractivity contribution < 1.29 is 9.53 Å². The van der Waals surface area contributed by atoms with E-state index < -0.39 is 6.10 Å². The van der Waals surface area contributed by atoms with Crippen LogP contribution in [0, 0.1) is 0 Å². The molecule has 1 N–H and O–H groups in total. The third kappa shape index (κ3) is 4.60. The van der Waals surface area contributed by atoms with E-state index in [0.29, 0.717) is 10.8 Å². The zero-order valence-corrected chi connectivity index (χ0v) is 13.2. The van der Waals surface area contributed by atoms with Gasteiger partial charge < -0.3 is 4.74 Å². The van der Waals surface area contributed by atoms with Crippen molar-refractivity contribution in [2.45, 2.75) is 20.0 Å². The Balaban J connectivity index is 1.92. The predicted octanol–water partition coefficient (Wildman–Crippen LogP) is 3.65. The van der Waals surface area contributed by atoms with Gasteiger partial charge in [0.15, 0.2) is 6.10 Å². The normalized spacial score (nSPS) is 12.6. The predicted molar refractivity (Wildman–Crippen MR) is 88.3 cm³/mol. The van der Waals surface area contributed by atoms with Gasteiger partial charge in [0.05, 0.1) is 5.71 Å². The van der Waals surface area contributed by atoms with Gasteiger partial charge in [0.1, 0.15) is 5.75 Å². The highest BCUT2D eigenvalue weighted by atomic mass is 35.5. The fraction of sp³-hybridized carbons (Fsp3) is 0.176. The SMILES string of the molecule is CC(=NNC(=O)C(C)Oc1ccc(Cl)cc1)c1ccccc1. The summed E-state index contributed by atoms with van der Waals surface area (Å²) in [6.07, 6.45) is -0.659. The second-order valence-electron chi connectivity index (χ2n) is 4.75. The number of nitrogens with zero attached hydrogens (tertiary/aromatic N) is 1. The number of hydrogen-bond donors (Lipinski definition) is 1. The number of nitrogens with one attached hydrogen (secondary N) is 1. The van der Waals surface area contributed by atoms with Gasteiger partial charge in [0.25, 0.3) is 5.91 Å². The van der Waals surface area contributed by atoms with Gasteiger partial charge in [-0.25, -0.2) is 5.43 Å². The van der Waals surface area contributed by atoms with Gasteiger partial charge >= 0.3 is 0 Å². The molecular formula is C17H17ClN2O2. The van der Waals surface area contributed by atoms with E-state index in [9.17, 15) is 4.79 Å². The van der Waals surface area contributed by atoms with Crippen LogP contribution in [0.1, 0.15) is 19.4 Å². The number of benzene rings is 2. The molecule has 0 spiro atoms. The summed E-state index contributed by atoms with van der Waals surface area (Å²) in [6.45, 7) is 3.50. The van der Waals surface area contributed by atoms with Crippen molar-refractivity contribution in [3.8, 4) is 5.75 Å². The fourth-order valence-electron chi connectivity index (χ4n) is 1.74. The quantitative estimate of drug-likeness (QED) is 0.676. The molecule has 1 amide bonds. The number of hydrazone groups is 1. The Morgan fingerprint density at radius 2 is 1.77 bits per heavy atom. The van der Waals surface area contributed by atoms with E-state index in [1.165, 1.54) is 0 Å². The van der Waals surface area contributed by atoms with E-state index in [1.807, 2.05) is 37.3 Å². The van der Waals surface area contributed by atoms with Crippen LogP contribution in [0.2, 0.25) is 5.02 Å². The molecule has 0 aromatic heterocycles. The number of ether oxygens (including phenoxy) is 1. The van der Waals surface area contributed by atoms with E-state index in [0.717, 1.165) is 11.3 Å². The Morgan fingerprint density at radius 3 is 2.41 bits per heavy atom. The van der Waals surface area contributed by atoms with Crippen LogP contribution >= 0.6 is 11.6 Å². The summed E-state index contributed by atoms with van der Waals surface area (Å²) in [4.78, 5) is 12.0. The highest BCUT2D eigenvalue weighted by Crippen LogP contribution is 2.16. The summed E-state index contributed by atoms with van der Waals surface area (Å²) in [6, 6.07) is 16.5. The molecule has 5 heteroatoms. The standard InChI is InChI=1S/C17H17ClN2O2/c1-12(14-6-4-3-5-7-14)19-20-17(21)13(2)22-16-10-8-15(18)9-11-16/h3-11,13H,1-2H3,(H,20,21). The van der Waals surface area contributed by atoms with Crippen LogP contribution in [0.15, 0.2) is 59.7 Å². The third-order valence-electron chi connectivity index (χ3n) is 3.02. The first-order valence-corrected chi connectivity index (χ1v) is 7.26. The van der Waals surface area contributed by atoms with E-state index in [2.05, 4.69) is 10.5 Å². The molecule has 0 aliphatic heterocycles. The number of rotatable bonds is 5. The van der Waals surface area contributed by atoms with Gasteiger partial charge in [-0.2, -0.15) is 5.10 Å². The molecule has 2 rings (SSSR count). The van der Waals surface area contributed by atoms with Crippen molar-refractivity contribution >= 4 is 23.2 Å². The Kier molecular flexibility index (Phi) is 5.55. The molecule has 2 aromatic carbocycles. The van der Waals surface area contributed by atoms with Crippen molar-refractivity contribution in [2.24, 2.45) is 5.10 Å². The summed E-state index contributed by atoms with van der Waals surface area (Å²) in [5.74, 6) is 0.265. The number of halogens is 1. The highest BCUT2D eigenvalue weighted by molar-refractivity contribution is 6.30. The molecule has 0 aliphatic carbocycles. The van der Waals surface area contributed by atoms with Crippen LogP contribution in [0.4, 0.5) is 0 Å². The Labute approximate surface area is 134 Å². The number of carbonyl (C=O) groups is 1. The molecular weight excluding hydrogens is 300 g/mol. The van der Waals surface area contributed by atoms with Gasteiger partial charge in [-0.15, -0.1) is 0 Å². The summed E-state index contributed by atoms with van der Waals surface area (Å²) in [5.41, 5.74) is 4.19. The molecule has 1 unspecified atom stereocenters. The van der Waals surface area contributed by atoms with E-state index in [4.69, 9.17) is 16.3 Å². The molecule has 0 fully saturated rings. The smallest absolute Gasteiger partial charge is 0.280 e. The molecule has 4 nitrogen and oxygen atoms in total. The summed E-state index contributed by atoms with van der Waals surface area (Å²) in [7, 11) is 0. The lowest BCUT2D eigenvalue weighted by atomic mass is 10.1. The minimum atomic E-state index is -0.659. The van der Waals surface area contributed by atoms with Crippen LogP contribution < -0.4 is 10.2 Å². The molecule has 2 aromatic rings. The van der Waals surface area contributed by atoms with Gasteiger partial charge in [-0.1, -0.05) is 41.9 Å². The van der Waals surface area contributed by atoms with E-state index in [-0.39, 0.29) is 5.91 Å². The van der Waals surface area contributed by atoms with Crippen LogP contribution in [-0.2, 0) is 4.79 Å². The summed E-state index contributed by atoms with van der Waals surface area (Å²) >= 11 is 5.80. The molecule has 22 heavy (non-hydrogen) atoms. The molecule has 0 aliphatic rings. The Bertz CT molecular complexity index is 654. The summed E-state index contributed by atoms with van der Waals surface area (Å²) < 4.78 is 5.53. The second-order valence-corrected chi connectivity index (χ2v) is 5.19. The van der Waals surface area contributed by atoms with Gasteiger partial charge in [-0.3, -0.25) is 4.79 Å². The molecule has 0 radical (unpaired) electrons. The fourth-order valence-corrected chi connectivity index (χ4v) is 1.87. The lowest BCUT2D eigenvalue weighted by molar-refractivity contribution is -0.127. The minimum Gasteiger partial charge on any atom is -0.481 e. The number of amides is 1. The van der Waals surface area contributed by atoms with Crippen LogP contribution in [0.25, 0.3) is 0 Å². The maximum atomic E-state index is 12.0. The lowest BCUT2D eigenvalue weighted by Gasteiger charge is -2.13. The van der Waals surface area contributed by atoms with Crippen LogP contribution in [-0.4, -0.2) is 17.7 Å². The molecule has 0 saturated heterocycles. The van der Waals surface area contributed by atoms with Crippen LogP contribution in [0.5, 0.6) is 5.75 Å². The summed E-state index contributed by atoms with van der Waals surface area (Å²) in [5, 5.41) is 4.71. The molecule has 0 saturated carbocycles. The van der Waals surface area contributed by atoms with Gasteiger partial charge in [-0.05, 0) is 43.7 Å². The van der Waals surface area contributed by atoms with Gasteiger partial charge in [0, 0.05) is 5.02 Å². The molecule has 0 heterocycles. The maximum Gasteiger partial charge on any atom is 0.280 e. The Morgan fingerprint density at radius 1 is 1.14 bits per heavy atom. The zero-order chi connectivity index (χ0) is 15.9. The van der Waals surface area contributed by atoms with Crippen molar-refractivity contribution in [1.82, 2.24) is 5.43 Å². The highest BCUT2D eigenvalue weighted by Gasteiger charge is 2.14. The molecule has 114 valence electrons. The molecule has 1 atom stereocenters. The average Bonchev–Trinajstić information content (AvgIpc) is 2.55. The maximum absolute atomic E-state index is 12.0. The topological polar surface area (TPSA) is 50.7 Å². The zero-order valence-electron chi connectivity index (χ0n) is 12.4. The third-order valence-corrected chi connectivity index (χ3v) is 3.27. The monoisotopic (exact) mass is 316 g/mol. The molecule has 0 bridgehead atoms. The van der Waals surface area contributed by atoms with E-state index in [1.54, 1.807) is 31.2 Å². The van der Waals surface area contributed by atoms with E-state index >= 15 is 0 Å². The minimum absolute atomic E-state index is 0.315. The van der Waals surface area contributed by atoms with Crippen molar-refractivity contribution in [3.63, 3.8) is 0 Å².